The van der Waals surface area contributed by atoms with Crippen molar-refractivity contribution in [2.24, 2.45) is 7.05 Å². The first-order valence-corrected chi connectivity index (χ1v) is 9.72. The minimum atomic E-state index is -2.61. The van der Waals surface area contributed by atoms with Crippen molar-refractivity contribution in [3.8, 4) is 22.8 Å². The Morgan fingerprint density at radius 2 is 2.21 bits per heavy atom. The highest BCUT2D eigenvalue weighted by molar-refractivity contribution is 7.99. The van der Waals surface area contributed by atoms with Crippen molar-refractivity contribution in [1.82, 2.24) is 14.5 Å². The van der Waals surface area contributed by atoms with Crippen LogP contribution in [-0.4, -0.2) is 38.9 Å². The lowest BCUT2D eigenvalue weighted by molar-refractivity contribution is -0.114. The molecule has 29 heavy (non-hydrogen) atoms. The topological polar surface area (TPSA) is 78.3 Å². The summed E-state index contributed by atoms with van der Waals surface area (Å²) < 4.78 is 39.5. The maximum Gasteiger partial charge on any atom is 0.290 e. The van der Waals surface area contributed by atoms with Gasteiger partial charge in [-0.15, -0.1) is 0 Å². The Balaban J connectivity index is 1.92. The molecule has 0 saturated carbocycles. The van der Waals surface area contributed by atoms with Gasteiger partial charge < -0.3 is 19.4 Å². The Morgan fingerprint density at radius 3 is 2.93 bits per heavy atom. The Morgan fingerprint density at radius 1 is 1.41 bits per heavy atom. The van der Waals surface area contributed by atoms with Crippen molar-refractivity contribution >= 4 is 34.4 Å². The van der Waals surface area contributed by atoms with Gasteiger partial charge in [0.25, 0.3) is 5.76 Å². The smallest absolute Gasteiger partial charge is 0.290 e. The summed E-state index contributed by atoms with van der Waals surface area (Å²) in [5.41, 5.74) is 1.87. The number of aryl methyl sites for hydroxylation is 1. The minimum absolute atomic E-state index is 0.139. The molecular formula is C19H18F2N4O3S. The van der Waals surface area contributed by atoms with Crippen LogP contribution in [0.25, 0.3) is 22.2 Å². The molecule has 4 heterocycles. The Labute approximate surface area is 169 Å². The molecule has 0 bridgehead atoms. The number of amides is 1. The maximum atomic E-state index is 13.0. The Hall–Kier alpha value is -2.88. The maximum absolute atomic E-state index is 13.0. The number of halogens is 2. The van der Waals surface area contributed by atoms with Gasteiger partial charge in [-0.05, 0) is 24.8 Å². The van der Waals surface area contributed by atoms with Gasteiger partial charge in [-0.25, -0.2) is 9.97 Å². The van der Waals surface area contributed by atoms with Crippen molar-refractivity contribution in [2.45, 2.75) is 30.7 Å². The van der Waals surface area contributed by atoms with E-state index < -0.39 is 5.76 Å². The summed E-state index contributed by atoms with van der Waals surface area (Å²) in [7, 11) is 1.84. The molecule has 4 rings (SSSR count). The first-order valence-electron chi connectivity index (χ1n) is 8.84. The summed E-state index contributed by atoms with van der Waals surface area (Å²) in [6.07, 6.45) is 3.25. The zero-order chi connectivity index (χ0) is 20.7. The van der Waals surface area contributed by atoms with E-state index in [4.69, 9.17) is 9.47 Å². The van der Waals surface area contributed by atoms with Crippen molar-refractivity contribution < 1.29 is 23.0 Å². The third kappa shape index (κ3) is 3.84. The largest absolute Gasteiger partial charge is 0.484 e. The Kier molecular flexibility index (Phi) is 5.03. The average molecular weight is 420 g/mol. The fourth-order valence-electron chi connectivity index (χ4n) is 3.22. The number of nitrogens with one attached hydrogen (secondary N) is 1. The number of nitrogens with zero attached hydrogens (tertiary/aromatic N) is 3. The highest BCUT2D eigenvalue weighted by Gasteiger charge is 2.26. The van der Waals surface area contributed by atoms with Crippen molar-refractivity contribution in [3.05, 3.63) is 24.5 Å². The summed E-state index contributed by atoms with van der Waals surface area (Å²) in [6, 6.07) is 3.19. The van der Waals surface area contributed by atoms with Crippen LogP contribution in [0.15, 0.2) is 29.6 Å². The first kappa shape index (κ1) is 19.4. The van der Waals surface area contributed by atoms with Crippen LogP contribution in [0.1, 0.15) is 13.8 Å². The van der Waals surface area contributed by atoms with Crippen LogP contribution in [0.2, 0.25) is 0 Å². The minimum Gasteiger partial charge on any atom is -0.484 e. The van der Waals surface area contributed by atoms with E-state index in [2.05, 4.69) is 15.3 Å². The normalized spacial score (nSPS) is 15.7. The SMILES string of the molecule is CC(=O)Nc1cc2c(-c3nc(SC(F)F)cc4c3OCC(C)O4)cn(C)c2cn1. The van der Waals surface area contributed by atoms with Crippen LogP contribution in [0.4, 0.5) is 14.6 Å². The fraction of sp³-hybridized carbons (Fsp3) is 0.316. The highest BCUT2D eigenvalue weighted by atomic mass is 32.2. The Bertz CT molecular complexity index is 1100. The molecular weight excluding hydrogens is 402 g/mol. The predicted molar refractivity (Wildman–Crippen MR) is 106 cm³/mol. The molecule has 1 N–H and O–H groups in total. The summed E-state index contributed by atoms with van der Waals surface area (Å²) in [5.74, 6) is -1.68. The number of aromatic nitrogens is 3. The van der Waals surface area contributed by atoms with E-state index in [0.717, 1.165) is 10.9 Å². The summed E-state index contributed by atoms with van der Waals surface area (Å²) in [4.78, 5) is 20.1. The number of thioether (sulfide) groups is 1. The zero-order valence-electron chi connectivity index (χ0n) is 15.9. The molecule has 152 valence electrons. The third-order valence-corrected chi connectivity index (χ3v) is 4.98. The summed E-state index contributed by atoms with van der Waals surface area (Å²) in [5, 5.41) is 3.54. The van der Waals surface area contributed by atoms with E-state index in [1.165, 1.54) is 13.0 Å². The van der Waals surface area contributed by atoms with Crippen LogP contribution < -0.4 is 14.8 Å². The van der Waals surface area contributed by atoms with Crippen molar-refractivity contribution in [3.63, 3.8) is 0 Å². The lowest BCUT2D eigenvalue weighted by Crippen LogP contribution is -2.26. The van der Waals surface area contributed by atoms with E-state index >= 15 is 0 Å². The van der Waals surface area contributed by atoms with Gasteiger partial charge in [-0.1, -0.05) is 0 Å². The second-order valence-corrected chi connectivity index (χ2v) is 7.69. The molecule has 0 radical (unpaired) electrons. The zero-order valence-corrected chi connectivity index (χ0v) is 16.7. The molecule has 1 aliphatic heterocycles. The van der Waals surface area contributed by atoms with Crippen LogP contribution in [0.3, 0.4) is 0 Å². The molecule has 0 fully saturated rings. The van der Waals surface area contributed by atoms with E-state index in [1.54, 1.807) is 12.3 Å². The van der Waals surface area contributed by atoms with Crippen molar-refractivity contribution in [2.75, 3.05) is 11.9 Å². The van der Waals surface area contributed by atoms with E-state index in [0.29, 0.717) is 46.9 Å². The second kappa shape index (κ2) is 7.51. The van der Waals surface area contributed by atoms with Crippen LogP contribution in [0, 0.1) is 0 Å². The summed E-state index contributed by atoms with van der Waals surface area (Å²) in [6.45, 7) is 3.56. The molecule has 7 nitrogen and oxygen atoms in total. The fourth-order valence-corrected chi connectivity index (χ4v) is 3.72. The van der Waals surface area contributed by atoms with Crippen LogP contribution in [-0.2, 0) is 11.8 Å². The van der Waals surface area contributed by atoms with Crippen LogP contribution >= 0.6 is 11.8 Å². The number of hydrogen-bond acceptors (Lipinski definition) is 6. The molecule has 10 heteroatoms. The van der Waals surface area contributed by atoms with Gasteiger partial charge in [0.05, 0.1) is 11.7 Å². The molecule has 0 spiro atoms. The molecule has 1 unspecified atom stereocenters. The quantitative estimate of drug-likeness (QED) is 0.641. The molecule has 3 aromatic rings. The van der Waals surface area contributed by atoms with E-state index in [9.17, 15) is 13.6 Å². The number of alkyl halides is 2. The second-order valence-electron chi connectivity index (χ2n) is 6.68. The number of rotatable bonds is 4. The lowest BCUT2D eigenvalue weighted by Gasteiger charge is -2.25. The number of ether oxygens (including phenoxy) is 2. The molecule has 0 aliphatic carbocycles. The van der Waals surface area contributed by atoms with E-state index in [-0.39, 0.29) is 17.0 Å². The van der Waals surface area contributed by atoms with Gasteiger partial charge in [0, 0.05) is 37.2 Å². The van der Waals surface area contributed by atoms with Gasteiger partial charge >= 0.3 is 0 Å². The molecule has 0 aromatic carbocycles. The monoisotopic (exact) mass is 420 g/mol. The summed E-state index contributed by atoms with van der Waals surface area (Å²) >= 11 is 0.349. The van der Waals surface area contributed by atoms with E-state index in [1.807, 2.05) is 24.7 Å². The molecule has 1 amide bonds. The van der Waals surface area contributed by atoms with Gasteiger partial charge in [0.15, 0.2) is 11.5 Å². The average Bonchev–Trinajstić information content (AvgIpc) is 2.95. The molecule has 1 aliphatic rings. The first-order chi connectivity index (χ1) is 13.8. The van der Waals surface area contributed by atoms with Gasteiger partial charge in [-0.2, -0.15) is 8.78 Å². The number of fused-ring (bicyclic) bond motifs is 2. The molecule has 3 aromatic heterocycles. The van der Waals surface area contributed by atoms with Crippen molar-refractivity contribution in [1.29, 1.82) is 0 Å². The number of carbonyl (C=O) groups excluding carboxylic acids is 1. The standard InChI is InChI=1S/C19H18F2N4O3S/c1-9-8-27-18-14(28-9)5-16(29-19(20)21)24-17(18)12-7-25(3)13-6-22-15(4-11(12)13)23-10(2)26/h4-7,9,19H,8H2,1-3H3,(H,22,23,26). The number of carbonyl (C=O) groups is 1. The molecule has 1 atom stereocenters. The van der Waals surface area contributed by atoms with Crippen LogP contribution in [0.5, 0.6) is 11.5 Å². The lowest BCUT2D eigenvalue weighted by atomic mass is 10.1. The molecule has 0 saturated heterocycles. The third-order valence-electron chi connectivity index (χ3n) is 4.35. The number of anilines is 1. The van der Waals surface area contributed by atoms with Gasteiger partial charge in [0.2, 0.25) is 5.91 Å². The number of hydrogen-bond donors (Lipinski definition) is 1. The van der Waals surface area contributed by atoms with Gasteiger partial charge in [-0.3, -0.25) is 4.79 Å². The van der Waals surface area contributed by atoms with Gasteiger partial charge in [0.1, 0.15) is 29.2 Å². The number of pyridine rings is 2. The highest BCUT2D eigenvalue weighted by Crippen LogP contribution is 2.45. The predicted octanol–water partition coefficient (Wildman–Crippen LogP) is 4.07.